The van der Waals surface area contributed by atoms with Crippen molar-refractivity contribution in [2.24, 2.45) is 0 Å². The highest BCUT2D eigenvalue weighted by molar-refractivity contribution is 5.99. The van der Waals surface area contributed by atoms with E-state index in [0.717, 1.165) is 53.5 Å². The number of benzene rings is 1. The summed E-state index contributed by atoms with van der Waals surface area (Å²) in [6, 6.07) is 2.02. The quantitative estimate of drug-likeness (QED) is 0.802. The van der Waals surface area contributed by atoms with Crippen molar-refractivity contribution in [3.63, 3.8) is 0 Å². The third-order valence-corrected chi connectivity index (χ3v) is 4.82. The summed E-state index contributed by atoms with van der Waals surface area (Å²) < 4.78 is 11.7. The molecule has 26 heavy (non-hydrogen) atoms. The van der Waals surface area contributed by atoms with E-state index in [4.69, 9.17) is 14.3 Å². The average molecular weight is 357 g/mol. The number of furan rings is 1. The van der Waals surface area contributed by atoms with Gasteiger partial charge in [0.05, 0.1) is 7.11 Å². The minimum absolute atomic E-state index is 0.410. The van der Waals surface area contributed by atoms with Crippen molar-refractivity contribution >= 4 is 28.4 Å². The predicted octanol–water partition coefficient (Wildman–Crippen LogP) is 3.23. The van der Waals surface area contributed by atoms with Crippen LogP contribution in [0.4, 0.5) is 0 Å². The smallest absolute Gasteiger partial charge is 0.322 e. The number of allylic oxidation sites excluding steroid dienone is 1. The topological polar surface area (TPSA) is 88.8 Å². The fourth-order valence-corrected chi connectivity index (χ4v) is 3.58. The average Bonchev–Trinajstić information content (AvgIpc) is 2.99. The maximum Gasteiger partial charge on any atom is 0.322 e. The number of fused-ring (bicyclic) bond motifs is 3. The number of amides is 1. The van der Waals surface area contributed by atoms with E-state index in [-0.39, 0.29) is 0 Å². The van der Waals surface area contributed by atoms with Crippen molar-refractivity contribution in [3.05, 3.63) is 34.6 Å². The maximum absolute atomic E-state index is 12.0. The number of carboxylic acid groups (broad SMARTS) is 1. The molecule has 0 aliphatic heterocycles. The van der Waals surface area contributed by atoms with Crippen LogP contribution in [0.25, 0.3) is 16.5 Å². The second kappa shape index (κ2) is 7.23. The zero-order valence-corrected chi connectivity index (χ0v) is 15.3. The van der Waals surface area contributed by atoms with Gasteiger partial charge < -0.3 is 19.6 Å². The third-order valence-electron chi connectivity index (χ3n) is 4.82. The Bertz CT molecular complexity index is 907. The molecule has 1 amide bonds. The number of aryl methyl sites for hydroxylation is 3. The Morgan fingerprint density at radius 1 is 1.35 bits per heavy atom. The van der Waals surface area contributed by atoms with Crippen LogP contribution in [0.3, 0.4) is 0 Å². The van der Waals surface area contributed by atoms with Crippen LogP contribution in [0.1, 0.15) is 42.2 Å². The first-order valence-corrected chi connectivity index (χ1v) is 8.72. The van der Waals surface area contributed by atoms with Gasteiger partial charge in [0.15, 0.2) is 0 Å². The zero-order valence-electron chi connectivity index (χ0n) is 15.3. The standard InChI is InChI=1S/C20H23NO5/c1-11(8-17(22)21-10-18(23)24)14-9-15-13-6-4-5-7-16(13)26-20(15)12(2)19(14)25-3/h8-9H,4-7,10H2,1-3H3,(H,21,22)(H,23,24)/b11-8+. The minimum atomic E-state index is -1.08. The number of aliphatic carboxylic acids is 1. The summed E-state index contributed by atoms with van der Waals surface area (Å²) in [6.07, 6.45) is 5.63. The molecule has 3 rings (SSSR count). The van der Waals surface area contributed by atoms with Crippen molar-refractivity contribution < 1.29 is 23.8 Å². The summed E-state index contributed by atoms with van der Waals surface area (Å²) in [5, 5.41) is 12.1. The maximum atomic E-state index is 12.0. The zero-order chi connectivity index (χ0) is 18.8. The Balaban J connectivity index is 2.06. The normalized spacial score (nSPS) is 14.2. The van der Waals surface area contributed by atoms with Gasteiger partial charge in [-0.15, -0.1) is 0 Å². The van der Waals surface area contributed by atoms with E-state index in [0.29, 0.717) is 11.3 Å². The molecule has 1 aromatic heterocycles. The van der Waals surface area contributed by atoms with Gasteiger partial charge in [-0.05, 0) is 44.7 Å². The van der Waals surface area contributed by atoms with E-state index >= 15 is 0 Å². The highest BCUT2D eigenvalue weighted by Crippen LogP contribution is 2.40. The van der Waals surface area contributed by atoms with Crippen molar-refractivity contribution in [1.29, 1.82) is 0 Å². The van der Waals surface area contributed by atoms with Crippen LogP contribution in [-0.4, -0.2) is 30.6 Å². The first-order chi connectivity index (χ1) is 12.4. The number of hydrogen-bond donors (Lipinski definition) is 2. The van der Waals surface area contributed by atoms with Gasteiger partial charge in [-0.2, -0.15) is 0 Å². The number of ether oxygens (including phenoxy) is 1. The second-order valence-electron chi connectivity index (χ2n) is 6.61. The SMILES string of the molecule is COc1c(/C(C)=C/C(=O)NCC(=O)O)cc2c3c(oc2c1C)CCCC3. The first-order valence-electron chi connectivity index (χ1n) is 8.72. The van der Waals surface area contributed by atoms with Crippen molar-refractivity contribution in [1.82, 2.24) is 5.32 Å². The molecule has 0 bridgehead atoms. The van der Waals surface area contributed by atoms with Gasteiger partial charge in [-0.3, -0.25) is 9.59 Å². The van der Waals surface area contributed by atoms with E-state index in [1.54, 1.807) is 7.11 Å². The van der Waals surface area contributed by atoms with Gasteiger partial charge in [0.2, 0.25) is 5.91 Å². The fraction of sp³-hybridized carbons (Fsp3) is 0.400. The van der Waals surface area contributed by atoms with Crippen LogP contribution < -0.4 is 10.1 Å². The summed E-state index contributed by atoms with van der Waals surface area (Å²) in [5.74, 6) is 0.195. The molecule has 0 saturated heterocycles. The second-order valence-corrected chi connectivity index (χ2v) is 6.61. The molecule has 1 aliphatic rings. The van der Waals surface area contributed by atoms with E-state index in [9.17, 15) is 9.59 Å². The summed E-state index contributed by atoms with van der Waals surface area (Å²) in [4.78, 5) is 22.5. The Hall–Kier alpha value is -2.76. The van der Waals surface area contributed by atoms with Crippen LogP contribution in [0.2, 0.25) is 0 Å². The van der Waals surface area contributed by atoms with Crippen LogP contribution in [0.15, 0.2) is 16.6 Å². The molecule has 2 N–H and O–H groups in total. The molecule has 138 valence electrons. The summed E-state index contributed by atoms with van der Waals surface area (Å²) in [5.41, 5.74) is 4.53. The summed E-state index contributed by atoms with van der Waals surface area (Å²) in [7, 11) is 1.60. The van der Waals surface area contributed by atoms with E-state index in [1.807, 2.05) is 19.9 Å². The Morgan fingerprint density at radius 2 is 2.08 bits per heavy atom. The number of carbonyl (C=O) groups excluding carboxylic acids is 1. The molecule has 1 heterocycles. The largest absolute Gasteiger partial charge is 0.496 e. The number of methoxy groups -OCH3 is 1. The molecule has 0 fully saturated rings. The highest BCUT2D eigenvalue weighted by atomic mass is 16.5. The monoisotopic (exact) mass is 357 g/mol. The summed E-state index contributed by atoms with van der Waals surface area (Å²) in [6.45, 7) is 3.36. The lowest BCUT2D eigenvalue weighted by Crippen LogP contribution is -2.27. The lowest BCUT2D eigenvalue weighted by molar-refractivity contribution is -0.137. The van der Waals surface area contributed by atoms with E-state index in [2.05, 4.69) is 5.32 Å². The van der Waals surface area contributed by atoms with Crippen molar-refractivity contribution in [2.45, 2.75) is 39.5 Å². The Labute approximate surface area is 151 Å². The van der Waals surface area contributed by atoms with E-state index in [1.165, 1.54) is 11.6 Å². The van der Waals surface area contributed by atoms with Crippen LogP contribution in [0.5, 0.6) is 5.75 Å². The van der Waals surface area contributed by atoms with Crippen molar-refractivity contribution in [2.75, 3.05) is 13.7 Å². The molecule has 0 spiro atoms. The van der Waals surface area contributed by atoms with Gasteiger partial charge in [-0.25, -0.2) is 0 Å². The molecule has 1 aliphatic carbocycles. The molecule has 0 atom stereocenters. The third kappa shape index (κ3) is 3.31. The van der Waals surface area contributed by atoms with Crippen LogP contribution in [-0.2, 0) is 22.4 Å². The number of hydrogen-bond acceptors (Lipinski definition) is 4. The van der Waals surface area contributed by atoms with E-state index < -0.39 is 18.4 Å². The fourth-order valence-electron chi connectivity index (χ4n) is 3.58. The number of nitrogens with one attached hydrogen (secondary N) is 1. The lowest BCUT2D eigenvalue weighted by atomic mass is 9.93. The lowest BCUT2D eigenvalue weighted by Gasteiger charge is -2.13. The van der Waals surface area contributed by atoms with Gasteiger partial charge in [0.25, 0.3) is 0 Å². The molecule has 0 unspecified atom stereocenters. The highest BCUT2D eigenvalue weighted by Gasteiger charge is 2.23. The molecule has 6 nitrogen and oxygen atoms in total. The first kappa shape index (κ1) is 18.0. The molecule has 1 aromatic carbocycles. The number of carboxylic acids is 1. The van der Waals surface area contributed by atoms with Crippen LogP contribution >= 0.6 is 0 Å². The minimum Gasteiger partial charge on any atom is -0.496 e. The molecule has 0 radical (unpaired) electrons. The Kier molecular flexibility index (Phi) is 5.02. The number of carbonyl (C=O) groups is 2. The molecule has 0 saturated carbocycles. The van der Waals surface area contributed by atoms with Gasteiger partial charge in [-0.1, -0.05) is 0 Å². The summed E-state index contributed by atoms with van der Waals surface area (Å²) >= 11 is 0. The number of rotatable bonds is 5. The van der Waals surface area contributed by atoms with Gasteiger partial charge in [0, 0.05) is 34.6 Å². The van der Waals surface area contributed by atoms with Gasteiger partial charge in [0.1, 0.15) is 23.6 Å². The molecule has 6 heteroatoms. The molecular weight excluding hydrogens is 334 g/mol. The molecular formula is C20H23NO5. The van der Waals surface area contributed by atoms with Crippen molar-refractivity contribution in [3.8, 4) is 5.75 Å². The molecule has 2 aromatic rings. The predicted molar refractivity (Wildman–Crippen MR) is 98.4 cm³/mol. The van der Waals surface area contributed by atoms with Crippen LogP contribution in [0, 0.1) is 6.92 Å². The Morgan fingerprint density at radius 3 is 2.77 bits per heavy atom. The van der Waals surface area contributed by atoms with Gasteiger partial charge >= 0.3 is 5.97 Å².